The first-order valence-electron chi connectivity index (χ1n) is 23.4. The Kier molecular flexibility index (Phi) is 9.98. The summed E-state index contributed by atoms with van der Waals surface area (Å²) in [5.41, 5.74) is 15.3. The van der Waals surface area contributed by atoms with Gasteiger partial charge in [-0.25, -0.2) is 4.98 Å². The van der Waals surface area contributed by atoms with Gasteiger partial charge in [0.25, 0.3) is 0 Å². The molecule has 0 atom stereocenters. The van der Waals surface area contributed by atoms with E-state index in [0.717, 1.165) is 72.4 Å². The summed E-state index contributed by atoms with van der Waals surface area (Å²) >= 11 is 0. The molecule has 1 N–H and O–H groups in total. The quantitative estimate of drug-likeness (QED) is 0.158. The van der Waals surface area contributed by atoms with Crippen LogP contribution in [-0.2, 0) is 5.41 Å². The molecule has 63 heavy (non-hydrogen) atoms. The van der Waals surface area contributed by atoms with Gasteiger partial charge < -0.3 is 5.11 Å². The van der Waals surface area contributed by atoms with Gasteiger partial charge in [0.15, 0.2) is 0 Å². The molecular formula is C59H55N3O. The third-order valence-corrected chi connectivity index (χ3v) is 12.2. The lowest BCUT2D eigenvalue weighted by Gasteiger charge is -2.22. The van der Waals surface area contributed by atoms with E-state index in [4.69, 9.17) is 14.1 Å². The summed E-state index contributed by atoms with van der Waals surface area (Å²) in [4.78, 5) is 10.4. The summed E-state index contributed by atoms with van der Waals surface area (Å²) in [6, 6.07) is 55.6. The van der Waals surface area contributed by atoms with E-state index in [1.807, 2.05) is 77.5 Å². The van der Waals surface area contributed by atoms with Crippen molar-refractivity contribution in [3.8, 4) is 78.6 Å². The zero-order valence-electron chi connectivity index (χ0n) is 40.1. The van der Waals surface area contributed by atoms with Gasteiger partial charge in [0.2, 0.25) is 0 Å². The number of rotatable bonds is 9. The number of nitrogens with zero attached hydrogens (tertiary/aromatic N) is 3. The lowest BCUT2D eigenvalue weighted by molar-refractivity contribution is 0.466. The first-order chi connectivity index (χ1) is 31.5. The summed E-state index contributed by atoms with van der Waals surface area (Å²) in [7, 11) is 0. The monoisotopic (exact) mass is 824 g/mol. The number of aryl methyl sites for hydroxylation is 1. The number of aromatic hydroxyl groups is 1. The molecule has 0 aliphatic carbocycles. The van der Waals surface area contributed by atoms with Gasteiger partial charge in [0.05, 0.1) is 28.0 Å². The topological polar surface area (TPSA) is 50.9 Å². The summed E-state index contributed by atoms with van der Waals surface area (Å²) in [5.74, 6) is 0.801. The van der Waals surface area contributed by atoms with Gasteiger partial charge in [-0.1, -0.05) is 164 Å². The van der Waals surface area contributed by atoms with E-state index >= 15 is 0 Å². The number of hydrogen-bond acceptors (Lipinski definition) is 3. The Bertz CT molecular complexity index is 3210. The minimum absolute atomic E-state index is 0.0262. The van der Waals surface area contributed by atoms with Gasteiger partial charge in [0.1, 0.15) is 11.6 Å². The predicted molar refractivity (Wildman–Crippen MR) is 265 cm³/mol. The van der Waals surface area contributed by atoms with Crippen molar-refractivity contribution in [2.24, 2.45) is 0 Å². The van der Waals surface area contributed by atoms with Gasteiger partial charge in [-0.15, -0.1) is 0 Å². The number of pyridine rings is 1. The lowest BCUT2D eigenvalue weighted by atomic mass is 9.83. The molecule has 0 spiro atoms. The van der Waals surface area contributed by atoms with E-state index < -0.39 is 6.85 Å². The molecule has 0 radical (unpaired) electrons. The minimum Gasteiger partial charge on any atom is -0.507 e. The van der Waals surface area contributed by atoms with E-state index in [2.05, 4.69) is 139 Å². The molecule has 0 saturated heterocycles. The van der Waals surface area contributed by atoms with Crippen LogP contribution in [0.25, 0.3) is 83.9 Å². The fourth-order valence-corrected chi connectivity index (χ4v) is 8.54. The summed E-state index contributed by atoms with van der Waals surface area (Å²) in [5, 5.41) is 12.2. The first-order valence-corrected chi connectivity index (χ1v) is 21.9. The largest absolute Gasteiger partial charge is 0.507 e. The van der Waals surface area contributed by atoms with Crippen LogP contribution in [0.15, 0.2) is 170 Å². The fraction of sp³-hybridized carbons (Fsp3) is 0.186. The second kappa shape index (κ2) is 16.7. The second-order valence-electron chi connectivity index (χ2n) is 18.3. The van der Waals surface area contributed by atoms with Crippen molar-refractivity contribution in [3.63, 3.8) is 0 Å². The van der Waals surface area contributed by atoms with Crippen LogP contribution in [-0.4, -0.2) is 19.6 Å². The van der Waals surface area contributed by atoms with Crippen LogP contribution < -0.4 is 0 Å². The van der Waals surface area contributed by atoms with Crippen molar-refractivity contribution >= 4 is 11.0 Å². The summed E-state index contributed by atoms with van der Waals surface area (Å²) < 4.78 is 28.7. The Morgan fingerprint density at radius 3 is 1.83 bits per heavy atom. The van der Waals surface area contributed by atoms with Gasteiger partial charge >= 0.3 is 0 Å². The molecule has 0 aliphatic heterocycles. The van der Waals surface area contributed by atoms with E-state index in [1.165, 1.54) is 5.56 Å². The van der Waals surface area contributed by atoms with Crippen LogP contribution in [0.1, 0.15) is 86.7 Å². The number of imidazole rings is 1. The predicted octanol–water partition coefficient (Wildman–Crippen LogP) is 16.0. The maximum Gasteiger partial charge on any atom is 0.149 e. The molecular weight excluding hydrogens is 767 g/mol. The molecule has 4 heteroatoms. The molecule has 9 aromatic rings. The molecule has 0 saturated carbocycles. The van der Waals surface area contributed by atoms with Gasteiger partial charge in [-0.05, 0) is 134 Å². The SMILES string of the molecule is [2H]C([2H])([2H])c1cc(-c2ccccc2)ccc1-n1c(-c2cc(C(C)C)cc(C(C)C)c2O)nc2c(-c3cc(-c4cc(-c5ccc(-c6ccccc6)cc5)ccn4)cc(C(C)(C)C)c3)cccc21. The fourth-order valence-electron chi connectivity index (χ4n) is 8.54. The molecule has 2 heterocycles. The summed E-state index contributed by atoms with van der Waals surface area (Å²) in [6.07, 6.45) is 1.88. The van der Waals surface area contributed by atoms with Crippen molar-refractivity contribution in [3.05, 3.63) is 192 Å². The van der Waals surface area contributed by atoms with Crippen molar-refractivity contribution < 1.29 is 9.22 Å². The number of aromatic nitrogens is 3. The van der Waals surface area contributed by atoms with Gasteiger partial charge in [0, 0.05) is 21.4 Å². The zero-order valence-corrected chi connectivity index (χ0v) is 37.1. The average Bonchev–Trinajstić information content (AvgIpc) is 3.71. The highest BCUT2D eigenvalue weighted by Gasteiger charge is 2.25. The van der Waals surface area contributed by atoms with Crippen LogP contribution in [0, 0.1) is 6.85 Å². The molecule has 0 unspecified atom stereocenters. The molecule has 7 aromatic carbocycles. The zero-order chi connectivity index (χ0) is 46.5. The average molecular weight is 825 g/mol. The van der Waals surface area contributed by atoms with Crippen LogP contribution >= 0.6 is 0 Å². The van der Waals surface area contributed by atoms with Crippen LogP contribution in [0.3, 0.4) is 0 Å². The Hall–Kier alpha value is -7.04. The maximum atomic E-state index is 12.2. The van der Waals surface area contributed by atoms with Crippen LogP contribution in [0.4, 0.5) is 0 Å². The van der Waals surface area contributed by atoms with Crippen molar-refractivity contribution in [1.82, 2.24) is 14.5 Å². The molecule has 0 bridgehead atoms. The van der Waals surface area contributed by atoms with Gasteiger partial charge in [-0.3, -0.25) is 9.55 Å². The number of benzene rings is 7. The highest BCUT2D eigenvalue weighted by atomic mass is 16.3. The number of phenolic OH excluding ortho intramolecular Hbond substituents is 1. The molecule has 0 fully saturated rings. The van der Waals surface area contributed by atoms with Crippen LogP contribution in [0.2, 0.25) is 0 Å². The highest BCUT2D eigenvalue weighted by molar-refractivity contribution is 5.97. The smallest absolute Gasteiger partial charge is 0.149 e. The first kappa shape index (κ1) is 37.7. The molecule has 0 aliphatic rings. The third-order valence-electron chi connectivity index (χ3n) is 12.2. The van der Waals surface area contributed by atoms with E-state index in [0.29, 0.717) is 22.6 Å². The standard InChI is InChI=1S/C59H55N3O/c1-37(2)46-34-51(38(3)4)57(63)52(35-46)58-61-56-50(20-15-21-55(56)62(58)54-27-26-44(30-39(54)5)41-18-13-10-14-19-41)47-31-48(33-49(32-47)59(6,7)8)53-36-45(28-29-60-53)43-24-22-42(23-25-43)40-16-11-9-12-17-40/h9-38,63H,1-8H3/i5D3. The van der Waals surface area contributed by atoms with Gasteiger partial charge in [-0.2, -0.15) is 0 Å². The van der Waals surface area contributed by atoms with Crippen molar-refractivity contribution in [1.29, 1.82) is 0 Å². The Labute approximate surface area is 376 Å². The summed E-state index contributed by atoms with van der Waals surface area (Å²) in [6.45, 7) is 12.6. The normalized spacial score (nSPS) is 12.7. The van der Waals surface area contributed by atoms with Crippen molar-refractivity contribution in [2.75, 3.05) is 0 Å². The molecule has 0 amide bonds. The molecule has 312 valence electrons. The highest BCUT2D eigenvalue weighted by Crippen LogP contribution is 2.44. The van der Waals surface area contributed by atoms with Crippen LogP contribution in [0.5, 0.6) is 5.75 Å². The molecule has 9 rings (SSSR count). The molecule has 4 nitrogen and oxygen atoms in total. The number of phenols is 1. The van der Waals surface area contributed by atoms with E-state index in [-0.39, 0.29) is 28.6 Å². The van der Waals surface area contributed by atoms with E-state index in [1.54, 1.807) is 6.07 Å². The minimum atomic E-state index is -2.47. The van der Waals surface area contributed by atoms with Crippen molar-refractivity contribution in [2.45, 2.75) is 72.6 Å². The Morgan fingerprint density at radius 2 is 1.17 bits per heavy atom. The van der Waals surface area contributed by atoms with E-state index in [9.17, 15) is 5.11 Å². The number of para-hydroxylation sites is 1. The second-order valence-corrected chi connectivity index (χ2v) is 18.3. The Balaban J connectivity index is 1.27. The maximum absolute atomic E-state index is 12.2. The number of fused-ring (bicyclic) bond motifs is 1. The Morgan fingerprint density at radius 1 is 0.556 bits per heavy atom. The third kappa shape index (κ3) is 8.10. The molecule has 2 aromatic heterocycles. The lowest BCUT2D eigenvalue weighted by Crippen LogP contribution is -2.11. The number of hydrogen-bond donors (Lipinski definition) is 1.